The summed E-state index contributed by atoms with van der Waals surface area (Å²) in [5, 5.41) is 15.3. The van der Waals surface area contributed by atoms with Crippen LogP contribution >= 0.6 is 0 Å². The van der Waals surface area contributed by atoms with Gasteiger partial charge in [0.25, 0.3) is 0 Å². The summed E-state index contributed by atoms with van der Waals surface area (Å²) in [4.78, 5) is 20.9. The number of hydrogen-bond donors (Lipinski definition) is 4. The third kappa shape index (κ3) is 21.4. The van der Waals surface area contributed by atoms with E-state index in [1.807, 2.05) is 62.4 Å². The molecule has 0 heterocycles. The molecule has 0 saturated carbocycles. The Morgan fingerprint density at radius 3 is 1.38 bits per heavy atom. The van der Waals surface area contributed by atoms with Crippen molar-refractivity contribution in [3.8, 4) is 0 Å². The minimum Gasteiger partial charge on any atom is -0.478 e. The molecule has 2 aromatic carbocycles. The molecule has 0 aliphatic carbocycles. The van der Waals surface area contributed by atoms with Crippen LogP contribution in [0.25, 0.3) is 12.2 Å². The molecule has 32 heavy (non-hydrogen) atoms. The van der Waals surface area contributed by atoms with Crippen LogP contribution in [0.3, 0.4) is 0 Å². The maximum Gasteiger partial charge on any atom is 0.394 e. The van der Waals surface area contributed by atoms with E-state index in [1.165, 1.54) is 24.3 Å². The van der Waals surface area contributed by atoms with Crippen molar-refractivity contribution in [2.24, 2.45) is 0 Å². The van der Waals surface area contributed by atoms with Crippen LogP contribution < -0.4 is 0 Å². The number of aryl methyl sites for hydroxylation is 2. The fourth-order valence-corrected chi connectivity index (χ4v) is 1.75. The predicted octanol–water partition coefficient (Wildman–Crippen LogP) is 3.23. The second-order valence-corrected chi connectivity index (χ2v) is 6.69. The summed E-state index contributed by atoms with van der Waals surface area (Å²) in [6, 6.07) is 15.6. The van der Waals surface area contributed by atoms with E-state index in [9.17, 15) is 9.59 Å². The van der Waals surface area contributed by atoms with E-state index in [2.05, 4.69) is 4.74 Å². The first-order valence-corrected chi connectivity index (χ1v) is 10.3. The monoisotopic (exact) mass is 468 g/mol. The highest BCUT2D eigenvalue weighted by atomic mass is 32.3. The number of rotatable bonds is 4. The van der Waals surface area contributed by atoms with Gasteiger partial charge in [-0.3, -0.25) is 9.11 Å². The smallest absolute Gasteiger partial charge is 0.394 e. The minimum absolute atomic E-state index is 0.333. The molecule has 0 saturated heterocycles. The van der Waals surface area contributed by atoms with E-state index in [1.54, 1.807) is 12.2 Å². The zero-order valence-electron chi connectivity index (χ0n) is 18.2. The van der Waals surface area contributed by atoms with Crippen LogP contribution in [0.1, 0.15) is 22.3 Å². The minimum atomic E-state index is -4.67. The molecule has 0 spiro atoms. The van der Waals surface area contributed by atoms with E-state index in [0.29, 0.717) is 0 Å². The van der Waals surface area contributed by atoms with Gasteiger partial charge in [0.1, 0.15) is 0 Å². The number of carbonyl (C=O) groups is 2. The largest absolute Gasteiger partial charge is 0.478 e. The van der Waals surface area contributed by atoms with E-state index in [0.717, 1.165) is 24.3 Å². The number of carbonyl (C=O) groups excluding carboxylic acids is 1. The normalized spacial score (nSPS) is 10.1. The first-order valence-electron chi connectivity index (χ1n) is 8.85. The highest BCUT2D eigenvalue weighted by molar-refractivity contribution is 7.79. The van der Waals surface area contributed by atoms with Crippen molar-refractivity contribution < 1.29 is 42.1 Å². The Balaban J connectivity index is 0. The number of aliphatic carboxylic acids is 1. The van der Waals surface area contributed by atoms with Gasteiger partial charge in [-0.15, -0.1) is 0 Å². The zero-order valence-corrected chi connectivity index (χ0v) is 19.0. The summed E-state index contributed by atoms with van der Waals surface area (Å²) >= 11 is 0. The molecule has 176 valence electrons. The third-order valence-electron chi connectivity index (χ3n) is 3.19. The molecule has 0 aromatic heterocycles. The number of methoxy groups -OCH3 is 1. The second-order valence-electron chi connectivity index (χ2n) is 5.80. The Bertz CT molecular complexity index is 951. The van der Waals surface area contributed by atoms with Gasteiger partial charge in [-0.25, -0.2) is 9.59 Å². The van der Waals surface area contributed by atoms with Crippen LogP contribution in [0.2, 0.25) is 0 Å². The van der Waals surface area contributed by atoms with Crippen molar-refractivity contribution in [1.82, 2.24) is 0 Å². The average molecular weight is 469 g/mol. The fourth-order valence-electron chi connectivity index (χ4n) is 1.75. The van der Waals surface area contributed by atoms with Crippen molar-refractivity contribution in [2.75, 3.05) is 14.2 Å². The molecule has 0 amide bonds. The Morgan fingerprint density at radius 1 is 0.781 bits per heavy atom. The maximum absolute atomic E-state index is 10.7. The summed E-state index contributed by atoms with van der Waals surface area (Å²) < 4.78 is 36.1. The summed E-state index contributed by atoms with van der Waals surface area (Å²) in [7, 11) is -2.30. The van der Waals surface area contributed by atoms with Crippen LogP contribution in [0, 0.1) is 13.8 Å². The number of aliphatic hydroxyl groups is 1. The molecule has 2 rings (SSSR count). The molecule has 10 heteroatoms. The average Bonchev–Trinajstić information content (AvgIpc) is 2.73. The molecular formula is C22H28O9S. The van der Waals surface area contributed by atoms with Gasteiger partial charge in [0, 0.05) is 19.3 Å². The molecule has 0 atom stereocenters. The molecule has 0 aliphatic heterocycles. The fraction of sp³-hybridized carbons (Fsp3) is 0.182. The first kappa shape index (κ1) is 30.9. The first-order chi connectivity index (χ1) is 14.9. The van der Waals surface area contributed by atoms with Crippen molar-refractivity contribution in [3.05, 3.63) is 82.9 Å². The van der Waals surface area contributed by atoms with Gasteiger partial charge in [0.15, 0.2) is 0 Å². The number of benzene rings is 2. The lowest BCUT2D eigenvalue weighted by atomic mass is 10.1. The third-order valence-corrected chi connectivity index (χ3v) is 3.19. The summed E-state index contributed by atoms with van der Waals surface area (Å²) in [5.41, 5.74) is 4.27. The highest BCUT2D eigenvalue weighted by Gasteiger charge is 1.91. The molecule has 0 unspecified atom stereocenters. The van der Waals surface area contributed by atoms with Crippen LogP contribution in [-0.2, 0) is 24.7 Å². The number of carboxylic acids is 1. The van der Waals surface area contributed by atoms with E-state index in [-0.39, 0.29) is 5.97 Å². The number of hydrogen-bond acceptors (Lipinski definition) is 6. The van der Waals surface area contributed by atoms with Gasteiger partial charge in [0.2, 0.25) is 0 Å². The van der Waals surface area contributed by atoms with Crippen molar-refractivity contribution in [1.29, 1.82) is 0 Å². The molecule has 0 fully saturated rings. The van der Waals surface area contributed by atoms with Gasteiger partial charge in [-0.05, 0) is 37.1 Å². The second kappa shape index (κ2) is 17.4. The number of aliphatic hydroxyl groups excluding tert-OH is 1. The highest BCUT2D eigenvalue weighted by Crippen LogP contribution is 2.05. The van der Waals surface area contributed by atoms with Crippen molar-refractivity contribution in [2.45, 2.75) is 13.8 Å². The van der Waals surface area contributed by atoms with Crippen LogP contribution in [0.15, 0.2) is 60.7 Å². The molecule has 0 radical (unpaired) electrons. The van der Waals surface area contributed by atoms with Crippen LogP contribution in [0.4, 0.5) is 0 Å². The summed E-state index contributed by atoms with van der Waals surface area (Å²) in [6.45, 7) is 4.01. The molecular weight excluding hydrogens is 440 g/mol. The number of ether oxygens (including phenoxy) is 1. The Kier molecular flexibility index (Phi) is 16.8. The van der Waals surface area contributed by atoms with Gasteiger partial charge < -0.3 is 14.9 Å². The number of carboxylic acid groups (broad SMARTS) is 1. The molecule has 0 aliphatic rings. The Hall–Kier alpha value is -3.31. The topological polar surface area (TPSA) is 158 Å². The van der Waals surface area contributed by atoms with Crippen LogP contribution in [-0.4, -0.2) is 53.9 Å². The molecule has 4 N–H and O–H groups in total. The van der Waals surface area contributed by atoms with Gasteiger partial charge in [0.05, 0.1) is 7.11 Å². The van der Waals surface area contributed by atoms with E-state index >= 15 is 0 Å². The van der Waals surface area contributed by atoms with Crippen molar-refractivity contribution >= 4 is 34.5 Å². The predicted molar refractivity (Wildman–Crippen MR) is 122 cm³/mol. The summed E-state index contributed by atoms with van der Waals surface area (Å²) in [6.07, 6.45) is 5.84. The van der Waals surface area contributed by atoms with Gasteiger partial charge in [-0.2, -0.15) is 8.42 Å². The molecule has 2 aromatic rings. The standard InChI is InChI=1S/C11H12O2.C10H10O2.CH4O.H2O4S/c1-9-3-5-10(6-4-9)7-8-11(12)13-2;1-8-2-4-9(5-3-8)6-7-10(11)12;1-2;1-5(2,3)4/h3-8H,1-2H3;2-7H,1H3,(H,11,12);2H,1H3;(H2,1,2,3,4)/b8-7+;7-6+;;. The molecule has 0 bridgehead atoms. The summed E-state index contributed by atoms with van der Waals surface area (Å²) in [5.74, 6) is -1.25. The zero-order chi connectivity index (χ0) is 25.2. The lowest BCUT2D eigenvalue weighted by molar-refractivity contribution is -0.135. The Morgan fingerprint density at radius 2 is 1.09 bits per heavy atom. The van der Waals surface area contributed by atoms with Crippen LogP contribution in [0.5, 0.6) is 0 Å². The van der Waals surface area contributed by atoms with E-state index < -0.39 is 16.4 Å². The van der Waals surface area contributed by atoms with E-state index in [4.69, 9.17) is 27.7 Å². The lowest BCUT2D eigenvalue weighted by Crippen LogP contribution is -1.93. The van der Waals surface area contributed by atoms with Crippen molar-refractivity contribution in [3.63, 3.8) is 0 Å². The quantitative estimate of drug-likeness (QED) is 0.300. The Labute approximate surface area is 187 Å². The van der Waals surface area contributed by atoms with Gasteiger partial charge >= 0.3 is 22.3 Å². The molecule has 9 nitrogen and oxygen atoms in total. The van der Waals surface area contributed by atoms with Gasteiger partial charge in [-0.1, -0.05) is 59.7 Å². The SMILES string of the molecule is CO.COC(=O)/C=C/c1ccc(C)cc1.Cc1ccc(/C=C/C(=O)O)cc1.O=S(=O)(O)O. The maximum atomic E-state index is 10.7. The number of esters is 1. The lowest BCUT2D eigenvalue weighted by Gasteiger charge is -1.94.